The molecule has 0 unspecified atom stereocenters. The molecule has 0 fully saturated rings. The molecule has 9 rings (SSSR count). The normalized spacial score (nSPS) is 11.6. The van der Waals surface area contributed by atoms with E-state index in [0.717, 1.165) is 60.5 Å². The Kier molecular flexibility index (Phi) is 5.78. The van der Waals surface area contributed by atoms with Crippen LogP contribution in [0.1, 0.15) is 0 Å². The van der Waals surface area contributed by atoms with Gasteiger partial charge in [0.25, 0.3) is 0 Å². The Hall–Kier alpha value is -6.13. The summed E-state index contributed by atoms with van der Waals surface area (Å²) in [6.07, 6.45) is 0. The van der Waals surface area contributed by atoms with Crippen molar-refractivity contribution >= 4 is 43.5 Å². The van der Waals surface area contributed by atoms with Crippen LogP contribution in [-0.2, 0) is 0 Å². The van der Waals surface area contributed by atoms with E-state index in [2.05, 4.69) is 78.9 Å². The monoisotopic (exact) mass is 575 g/mol. The minimum atomic E-state index is 0.629. The van der Waals surface area contributed by atoms with E-state index in [1.807, 2.05) is 72.8 Å². The Morgan fingerprint density at radius 3 is 1.67 bits per heavy atom. The molecule has 0 aliphatic rings. The zero-order valence-electron chi connectivity index (χ0n) is 24.2. The lowest BCUT2D eigenvalue weighted by molar-refractivity contribution is 0.673. The molecule has 9 aromatic rings. The van der Waals surface area contributed by atoms with Gasteiger partial charge in [-0.3, -0.25) is 0 Å². The summed E-state index contributed by atoms with van der Waals surface area (Å²) in [6.45, 7) is 0. The van der Waals surface area contributed by atoms with Crippen LogP contribution in [0, 0.1) is 0 Å². The standard InChI is InChI=1S/C41H25N3O/c1-3-13-27(14-4-1)39-42-40(28-15-5-2-6-16-28)44-41(43-39)31-18-11-17-29(24-31)34-25-30-23-22-26-12-7-8-19-32(26)36(30)38-37(34)33-20-9-10-21-35(33)45-38/h1-25H. The average Bonchev–Trinajstić information content (AvgIpc) is 3.51. The number of fused-ring (bicyclic) bond motifs is 7. The first kappa shape index (κ1) is 25.4. The lowest BCUT2D eigenvalue weighted by Crippen LogP contribution is -2.00. The molecule has 0 saturated heterocycles. The molecule has 210 valence electrons. The van der Waals surface area contributed by atoms with E-state index in [0.29, 0.717) is 17.5 Å². The Labute approximate surface area is 259 Å². The topological polar surface area (TPSA) is 51.8 Å². The predicted molar refractivity (Wildman–Crippen MR) is 184 cm³/mol. The molecule has 0 bridgehead atoms. The SMILES string of the molecule is c1ccc(-c2nc(-c3ccccc3)nc(-c3cccc(-c4cc5ccc6ccccc6c5c5oc6ccccc6c45)c3)n2)cc1. The van der Waals surface area contributed by atoms with Crippen LogP contribution in [0.25, 0.3) is 88.8 Å². The van der Waals surface area contributed by atoms with Crippen molar-refractivity contribution in [3.63, 3.8) is 0 Å². The highest BCUT2D eigenvalue weighted by molar-refractivity contribution is 6.27. The maximum Gasteiger partial charge on any atom is 0.164 e. The van der Waals surface area contributed by atoms with Crippen molar-refractivity contribution in [2.45, 2.75) is 0 Å². The van der Waals surface area contributed by atoms with Crippen molar-refractivity contribution in [2.75, 3.05) is 0 Å². The summed E-state index contributed by atoms with van der Waals surface area (Å²) in [5.74, 6) is 1.92. The maximum atomic E-state index is 6.65. The smallest absolute Gasteiger partial charge is 0.164 e. The molecule has 2 heterocycles. The third-order valence-corrected chi connectivity index (χ3v) is 8.48. The van der Waals surface area contributed by atoms with Gasteiger partial charge in [0.15, 0.2) is 17.5 Å². The molecule has 0 radical (unpaired) electrons. The van der Waals surface area contributed by atoms with Crippen molar-refractivity contribution in [3.8, 4) is 45.3 Å². The highest BCUT2D eigenvalue weighted by atomic mass is 16.3. The minimum absolute atomic E-state index is 0.629. The molecule has 4 heteroatoms. The van der Waals surface area contributed by atoms with Crippen LogP contribution in [0.5, 0.6) is 0 Å². The lowest BCUT2D eigenvalue weighted by Gasteiger charge is -2.12. The Bertz CT molecular complexity index is 2480. The van der Waals surface area contributed by atoms with Gasteiger partial charge in [0.05, 0.1) is 0 Å². The second kappa shape index (κ2) is 10.2. The highest BCUT2D eigenvalue weighted by Gasteiger charge is 2.19. The van der Waals surface area contributed by atoms with E-state index in [9.17, 15) is 0 Å². The van der Waals surface area contributed by atoms with E-state index < -0.39 is 0 Å². The van der Waals surface area contributed by atoms with E-state index in [1.165, 1.54) is 10.8 Å². The second-order valence-corrected chi connectivity index (χ2v) is 11.2. The van der Waals surface area contributed by atoms with Gasteiger partial charge in [-0.15, -0.1) is 0 Å². The maximum absolute atomic E-state index is 6.65. The molecule has 0 spiro atoms. The summed E-state index contributed by atoms with van der Waals surface area (Å²) in [5.41, 5.74) is 6.78. The number of hydrogen-bond donors (Lipinski definition) is 0. The third-order valence-electron chi connectivity index (χ3n) is 8.48. The Morgan fingerprint density at radius 1 is 0.378 bits per heavy atom. The van der Waals surface area contributed by atoms with Crippen LogP contribution in [0.2, 0.25) is 0 Å². The zero-order valence-corrected chi connectivity index (χ0v) is 24.2. The van der Waals surface area contributed by atoms with Gasteiger partial charge < -0.3 is 4.42 Å². The summed E-state index contributed by atoms with van der Waals surface area (Å²) in [7, 11) is 0. The van der Waals surface area contributed by atoms with Crippen molar-refractivity contribution in [1.29, 1.82) is 0 Å². The van der Waals surface area contributed by atoms with Gasteiger partial charge in [0.1, 0.15) is 11.2 Å². The summed E-state index contributed by atoms with van der Waals surface area (Å²) in [6, 6.07) is 52.1. The minimum Gasteiger partial charge on any atom is -0.455 e. The number of rotatable bonds is 4. The van der Waals surface area contributed by atoms with Gasteiger partial charge >= 0.3 is 0 Å². The van der Waals surface area contributed by atoms with Gasteiger partial charge in [0.2, 0.25) is 0 Å². The number of benzene rings is 7. The lowest BCUT2D eigenvalue weighted by atomic mass is 9.92. The first-order chi connectivity index (χ1) is 22.3. The molecule has 0 aliphatic carbocycles. The molecule has 0 amide bonds. The summed E-state index contributed by atoms with van der Waals surface area (Å²) >= 11 is 0. The fourth-order valence-corrected chi connectivity index (χ4v) is 6.37. The molecule has 0 atom stereocenters. The number of hydrogen-bond acceptors (Lipinski definition) is 4. The van der Waals surface area contributed by atoms with Gasteiger partial charge in [-0.1, -0.05) is 133 Å². The van der Waals surface area contributed by atoms with Crippen LogP contribution in [0.15, 0.2) is 156 Å². The van der Waals surface area contributed by atoms with E-state index in [4.69, 9.17) is 19.4 Å². The van der Waals surface area contributed by atoms with E-state index in [1.54, 1.807) is 0 Å². The predicted octanol–water partition coefficient (Wildman–Crippen LogP) is 10.7. The van der Waals surface area contributed by atoms with Gasteiger partial charge in [-0.25, -0.2) is 15.0 Å². The number of aromatic nitrogens is 3. The zero-order chi connectivity index (χ0) is 29.7. The first-order valence-electron chi connectivity index (χ1n) is 15.0. The van der Waals surface area contributed by atoms with E-state index >= 15 is 0 Å². The fraction of sp³-hybridized carbons (Fsp3) is 0. The van der Waals surface area contributed by atoms with Crippen molar-refractivity contribution in [2.24, 2.45) is 0 Å². The van der Waals surface area contributed by atoms with Crippen molar-refractivity contribution in [1.82, 2.24) is 15.0 Å². The molecule has 4 nitrogen and oxygen atoms in total. The van der Waals surface area contributed by atoms with Gasteiger partial charge in [-0.05, 0) is 45.5 Å². The molecule has 45 heavy (non-hydrogen) atoms. The average molecular weight is 576 g/mol. The Morgan fingerprint density at radius 2 is 0.933 bits per heavy atom. The summed E-state index contributed by atoms with van der Waals surface area (Å²) < 4.78 is 6.65. The molecular weight excluding hydrogens is 550 g/mol. The molecule has 0 N–H and O–H groups in total. The van der Waals surface area contributed by atoms with Crippen LogP contribution in [0.4, 0.5) is 0 Å². The quantitative estimate of drug-likeness (QED) is 0.196. The largest absolute Gasteiger partial charge is 0.455 e. The molecule has 0 aliphatic heterocycles. The second-order valence-electron chi connectivity index (χ2n) is 11.2. The number of furan rings is 1. The number of para-hydroxylation sites is 1. The molecule has 7 aromatic carbocycles. The van der Waals surface area contributed by atoms with Gasteiger partial charge in [0, 0.05) is 32.8 Å². The fourth-order valence-electron chi connectivity index (χ4n) is 6.37. The van der Waals surface area contributed by atoms with Crippen LogP contribution in [0.3, 0.4) is 0 Å². The summed E-state index contributed by atoms with van der Waals surface area (Å²) in [4.78, 5) is 14.8. The van der Waals surface area contributed by atoms with E-state index in [-0.39, 0.29) is 0 Å². The molecule has 2 aromatic heterocycles. The van der Waals surface area contributed by atoms with Crippen molar-refractivity contribution < 1.29 is 4.42 Å². The van der Waals surface area contributed by atoms with Crippen LogP contribution < -0.4 is 0 Å². The van der Waals surface area contributed by atoms with Gasteiger partial charge in [-0.2, -0.15) is 0 Å². The first-order valence-corrected chi connectivity index (χ1v) is 15.0. The Balaban J connectivity index is 1.29. The number of nitrogens with zero attached hydrogens (tertiary/aromatic N) is 3. The highest BCUT2D eigenvalue weighted by Crippen LogP contribution is 2.43. The van der Waals surface area contributed by atoms with Crippen molar-refractivity contribution in [3.05, 3.63) is 152 Å². The molecule has 0 saturated carbocycles. The van der Waals surface area contributed by atoms with Crippen LogP contribution >= 0.6 is 0 Å². The van der Waals surface area contributed by atoms with Crippen LogP contribution in [-0.4, -0.2) is 15.0 Å². The summed E-state index contributed by atoms with van der Waals surface area (Å²) in [5, 5.41) is 6.86. The third kappa shape index (κ3) is 4.27. The molecular formula is C41H25N3O.